The molecular weight excluding hydrogens is 268 g/mol. The van der Waals surface area contributed by atoms with Gasteiger partial charge in [0.05, 0.1) is 16.3 Å². The largest absolute Gasteiger partial charge is 0.478 e. The Morgan fingerprint density at radius 3 is 2.58 bits per heavy atom. The SMILES string of the molecule is CC(C)NCCC(=O)Nc1ccc(C(=O)O)cc1Cl. The number of carbonyl (C=O) groups is 2. The molecule has 0 saturated carbocycles. The highest BCUT2D eigenvalue weighted by Crippen LogP contribution is 2.23. The van der Waals surface area contributed by atoms with E-state index in [0.717, 1.165) is 0 Å². The van der Waals surface area contributed by atoms with Crippen LogP contribution in [0.5, 0.6) is 0 Å². The van der Waals surface area contributed by atoms with Crippen LogP contribution >= 0.6 is 11.6 Å². The van der Waals surface area contributed by atoms with Gasteiger partial charge in [-0.05, 0) is 18.2 Å². The number of halogens is 1. The van der Waals surface area contributed by atoms with Gasteiger partial charge in [-0.1, -0.05) is 25.4 Å². The Hall–Kier alpha value is -1.59. The molecule has 0 spiro atoms. The molecule has 0 bridgehead atoms. The predicted molar refractivity (Wildman–Crippen MR) is 74.8 cm³/mol. The summed E-state index contributed by atoms with van der Waals surface area (Å²) < 4.78 is 0. The van der Waals surface area contributed by atoms with Crippen molar-refractivity contribution in [3.63, 3.8) is 0 Å². The number of hydrogen-bond donors (Lipinski definition) is 3. The fourth-order valence-corrected chi connectivity index (χ4v) is 1.66. The number of amides is 1. The molecule has 0 fully saturated rings. The lowest BCUT2D eigenvalue weighted by Crippen LogP contribution is -2.27. The van der Waals surface area contributed by atoms with Gasteiger partial charge in [0.1, 0.15) is 0 Å². The molecule has 0 aliphatic rings. The van der Waals surface area contributed by atoms with Gasteiger partial charge in [0.25, 0.3) is 0 Å². The first-order valence-electron chi connectivity index (χ1n) is 5.96. The lowest BCUT2D eigenvalue weighted by molar-refractivity contribution is -0.116. The third-order valence-corrected chi connectivity index (χ3v) is 2.71. The zero-order valence-corrected chi connectivity index (χ0v) is 11.6. The Balaban J connectivity index is 2.57. The normalized spacial score (nSPS) is 10.5. The van der Waals surface area contributed by atoms with E-state index in [1.165, 1.54) is 18.2 Å². The number of anilines is 1. The molecule has 104 valence electrons. The molecule has 1 aromatic carbocycles. The monoisotopic (exact) mass is 284 g/mol. The van der Waals surface area contributed by atoms with Gasteiger partial charge in [-0.2, -0.15) is 0 Å². The van der Waals surface area contributed by atoms with Gasteiger partial charge < -0.3 is 15.7 Å². The van der Waals surface area contributed by atoms with Crippen LogP contribution in [0.2, 0.25) is 5.02 Å². The van der Waals surface area contributed by atoms with Crippen LogP contribution in [-0.2, 0) is 4.79 Å². The second-order valence-corrected chi connectivity index (χ2v) is 4.81. The molecule has 0 aliphatic heterocycles. The van der Waals surface area contributed by atoms with Gasteiger partial charge in [-0.25, -0.2) is 4.79 Å². The van der Waals surface area contributed by atoms with Crippen molar-refractivity contribution in [2.75, 3.05) is 11.9 Å². The lowest BCUT2D eigenvalue weighted by atomic mass is 10.2. The van der Waals surface area contributed by atoms with Crippen LogP contribution in [-0.4, -0.2) is 29.6 Å². The van der Waals surface area contributed by atoms with E-state index in [1.54, 1.807) is 0 Å². The molecule has 0 unspecified atom stereocenters. The van der Waals surface area contributed by atoms with Crippen molar-refractivity contribution in [2.24, 2.45) is 0 Å². The summed E-state index contributed by atoms with van der Waals surface area (Å²) >= 11 is 5.91. The maximum atomic E-state index is 11.6. The van der Waals surface area contributed by atoms with Gasteiger partial charge in [0, 0.05) is 19.0 Å². The molecule has 0 atom stereocenters. The number of benzene rings is 1. The smallest absolute Gasteiger partial charge is 0.335 e. The summed E-state index contributed by atoms with van der Waals surface area (Å²) in [7, 11) is 0. The number of aromatic carboxylic acids is 1. The van der Waals surface area contributed by atoms with Crippen molar-refractivity contribution in [3.05, 3.63) is 28.8 Å². The number of carboxylic acids is 1. The topological polar surface area (TPSA) is 78.4 Å². The van der Waals surface area contributed by atoms with Crippen LogP contribution in [0.25, 0.3) is 0 Å². The Labute approximate surface area is 117 Å². The van der Waals surface area contributed by atoms with E-state index in [0.29, 0.717) is 24.7 Å². The average molecular weight is 285 g/mol. The minimum atomic E-state index is -1.05. The van der Waals surface area contributed by atoms with Crippen LogP contribution in [0, 0.1) is 0 Å². The maximum absolute atomic E-state index is 11.6. The summed E-state index contributed by atoms with van der Waals surface area (Å²) in [6, 6.07) is 4.52. The summed E-state index contributed by atoms with van der Waals surface area (Å²) in [5.41, 5.74) is 0.505. The van der Waals surface area contributed by atoms with E-state index in [1.807, 2.05) is 13.8 Å². The van der Waals surface area contributed by atoms with Crippen molar-refractivity contribution in [1.29, 1.82) is 0 Å². The molecule has 0 aromatic heterocycles. The van der Waals surface area contributed by atoms with E-state index < -0.39 is 5.97 Å². The van der Waals surface area contributed by atoms with Crippen LogP contribution < -0.4 is 10.6 Å². The minimum absolute atomic E-state index is 0.0875. The third kappa shape index (κ3) is 5.28. The highest BCUT2D eigenvalue weighted by atomic mass is 35.5. The van der Waals surface area contributed by atoms with Gasteiger partial charge in [-0.3, -0.25) is 4.79 Å². The zero-order chi connectivity index (χ0) is 14.4. The van der Waals surface area contributed by atoms with E-state index in [9.17, 15) is 9.59 Å². The van der Waals surface area contributed by atoms with Crippen molar-refractivity contribution in [3.8, 4) is 0 Å². The second kappa shape index (κ2) is 7.11. The zero-order valence-electron chi connectivity index (χ0n) is 10.9. The Kier molecular flexibility index (Phi) is 5.79. The van der Waals surface area contributed by atoms with Gasteiger partial charge in [-0.15, -0.1) is 0 Å². The first kappa shape index (κ1) is 15.5. The summed E-state index contributed by atoms with van der Waals surface area (Å²) in [5.74, 6) is -1.22. The molecule has 0 radical (unpaired) electrons. The number of carbonyl (C=O) groups excluding carboxylic acids is 1. The molecule has 1 rings (SSSR count). The number of hydrogen-bond acceptors (Lipinski definition) is 3. The van der Waals surface area contributed by atoms with Crippen molar-refractivity contribution in [1.82, 2.24) is 5.32 Å². The first-order valence-corrected chi connectivity index (χ1v) is 6.34. The van der Waals surface area contributed by atoms with Crippen molar-refractivity contribution >= 4 is 29.2 Å². The molecule has 1 aromatic rings. The van der Waals surface area contributed by atoms with Crippen molar-refractivity contribution in [2.45, 2.75) is 26.3 Å². The van der Waals surface area contributed by atoms with Crippen molar-refractivity contribution < 1.29 is 14.7 Å². The first-order chi connectivity index (χ1) is 8.90. The summed E-state index contributed by atoms with van der Waals surface area (Å²) in [4.78, 5) is 22.4. The Morgan fingerprint density at radius 1 is 1.37 bits per heavy atom. The molecule has 19 heavy (non-hydrogen) atoms. The molecule has 5 nitrogen and oxygen atoms in total. The third-order valence-electron chi connectivity index (χ3n) is 2.39. The number of nitrogens with one attached hydrogen (secondary N) is 2. The quantitative estimate of drug-likeness (QED) is 0.749. The second-order valence-electron chi connectivity index (χ2n) is 4.41. The fraction of sp³-hybridized carbons (Fsp3) is 0.385. The van der Waals surface area contributed by atoms with Gasteiger partial charge in [0.15, 0.2) is 0 Å². The van der Waals surface area contributed by atoms with Crippen LogP contribution in [0.4, 0.5) is 5.69 Å². The van der Waals surface area contributed by atoms with Gasteiger partial charge in [0.2, 0.25) is 5.91 Å². The highest BCUT2D eigenvalue weighted by Gasteiger charge is 2.09. The molecule has 0 aliphatic carbocycles. The van der Waals surface area contributed by atoms with Crippen LogP contribution in [0.3, 0.4) is 0 Å². The molecular formula is C13H17ClN2O3. The molecule has 6 heteroatoms. The van der Waals surface area contributed by atoms with E-state index in [4.69, 9.17) is 16.7 Å². The van der Waals surface area contributed by atoms with Crippen LogP contribution in [0.1, 0.15) is 30.6 Å². The highest BCUT2D eigenvalue weighted by molar-refractivity contribution is 6.34. The molecule has 0 saturated heterocycles. The fourth-order valence-electron chi connectivity index (χ4n) is 1.44. The van der Waals surface area contributed by atoms with Gasteiger partial charge >= 0.3 is 5.97 Å². The maximum Gasteiger partial charge on any atom is 0.335 e. The van der Waals surface area contributed by atoms with E-state index in [-0.39, 0.29) is 16.5 Å². The standard InChI is InChI=1S/C13H17ClN2O3/c1-8(2)15-6-5-12(17)16-11-4-3-9(13(18)19)7-10(11)14/h3-4,7-8,15H,5-6H2,1-2H3,(H,16,17)(H,18,19). The summed E-state index contributed by atoms with van der Waals surface area (Å²) in [6.07, 6.45) is 0.329. The van der Waals surface area contributed by atoms with E-state index in [2.05, 4.69) is 10.6 Å². The predicted octanol–water partition coefficient (Wildman–Crippen LogP) is 2.36. The molecule has 1 amide bonds. The number of carboxylic acid groups (broad SMARTS) is 1. The molecule has 3 N–H and O–H groups in total. The van der Waals surface area contributed by atoms with Crippen LogP contribution in [0.15, 0.2) is 18.2 Å². The van der Waals surface area contributed by atoms with E-state index >= 15 is 0 Å². The summed E-state index contributed by atoms with van der Waals surface area (Å²) in [6.45, 7) is 4.58. The lowest BCUT2D eigenvalue weighted by Gasteiger charge is -2.10. The number of rotatable bonds is 6. The summed E-state index contributed by atoms with van der Waals surface area (Å²) in [5, 5.41) is 14.8. The Morgan fingerprint density at radius 2 is 2.05 bits per heavy atom. The molecule has 0 heterocycles. The Bertz CT molecular complexity index is 475. The minimum Gasteiger partial charge on any atom is -0.478 e. The average Bonchev–Trinajstić information content (AvgIpc) is 2.31.